The Morgan fingerprint density at radius 3 is 2.54 bits per heavy atom. The molecular weight excluding hydrogens is 518 g/mol. The fourth-order valence-electron chi connectivity index (χ4n) is 4.35. The van der Waals surface area contributed by atoms with Crippen LogP contribution >= 0.6 is 0 Å². The minimum atomic E-state index is -0.411. The van der Waals surface area contributed by atoms with Crippen molar-refractivity contribution < 1.29 is 19.1 Å². The van der Waals surface area contributed by atoms with Crippen molar-refractivity contribution in [2.45, 2.75) is 34.3 Å². The van der Waals surface area contributed by atoms with Crippen molar-refractivity contribution in [1.29, 1.82) is 0 Å². The van der Waals surface area contributed by atoms with E-state index in [0.717, 1.165) is 39.0 Å². The average Bonchev–Trinajstić information content (AvgIpc) is 2.95. The molecule has 210 valence electrons. The summed E-state index contributed by atoms with van der Waals surface area (Å²) in [6, 6.07) is 17.1. The van der Waals surface area contributed by atoms with E-state index in [0.29, 0.717) is 23.7 Å². The molecule has 0 bridgehead atoms. The van der Waals surface area contributed by atoms with Gasteiger partial charge < -0.3 is 20.3 Å². The van der Waals surface area contributed by atoms with Gasteiger partial charge in [-0.05, 0) is 79.4 Å². The van der Waals surface area contributed by atoms with Crippen LogP contribution in [0.1, 0.15) is 34.9 Å². The highest BCUT2D eigenvalue weighted by Crippen LogP contribution is 2.29. The molecule has 0 unspecified atom stereocenters. The molecule has 0 spiro atoms. The summed E-state index contributed by atoms with van der Waals surface area (Å²) >= 11 is 0. The molecule has 4 aromatic rings. The number of benzene rings is 2. The van der Waals surface area contributed by atoms with E-state index in [9.17, 15) is 14.4 Å². The van der Waals surface area contributed by atoms with E-state index in [1.165, 1.54) is 24.1 Å². The van der Waals surface area contributed by atoms with Crippen LogP contribution in [0.5, 0.6) is 5.75 Å². The molecule has 2 N–H and O–H groups in total. The van der Waals surface area contributed by atoms with Gasteiger partial charge in [-0.3, -0.25) is 14.4 Å². The number of aryl methyl sites for hydroxylation is 2. The van der Waals surface area contributed by atoms with Gasteiger partial charge in [0.2, 0.25) is 17.7 Å². The van der Waals surface area contributed by atoms with Crippen molar-refractivity contribution >= 4 is 46.2 Å². The van der Waals surface area contributed by atoms with Gasteiger partial charge in [0.15, 0.2) is 0 Å². The van der Waals surface area contributed by atoms with E-state index in [1.807, 2.05) is 63.2 Å². The molecule has 9 nitrogen and oxygen atoms in total. The molecule has 0 atom stereocenters. The van der Waals surface area contributed by atoms with Crippen LogP contribution in [-0.2, 0) is 21.0 Å². The first kappa shape index (κ1) is 28.9. The number of anilines is 2. The van der Waals surface area contributed by atoms with Gasteiger partial charge in [0, 0.05) is 43.0 Å². The van der Waals surface area contributed by atoms with E-state index >= 15 is 0 Å². The molecular formula is C32H33N5O4. The number of rotatable bonds is 9. The van der Waals surface area contributed by atoms with Gasteiger partial charge in [-0.25, -0.2) is 9.97 Å². The van der Waals surface area contributed by atoms with Crippen LogP contribution in [0.15, 0.2) is 66.9 Å². The van der Waals surface area contributed by atoms with E-state index in [1.54, 1.807) is 25.3 Å². The maximum absolute atomic E-state index is 13.0. The molecule has 41 heavy (non-hydrogen) atoms. The van der Waals surface area contributed by atoms with E-state index in [2.05, 4.69) is 20.6 Å². The molecule has 2 heterocycles. The molecule has 9 heteroatoms. The largest absolute Gasteiger partial charge is 0.487 e. The summed E-state index contributed by atoms with van der Waals surface area (Å²) < 4.78 is 6.23. The third kappa shape index (κ3) is 7.33. The van der Waals surface area contributed by atoms with Crippen molar-refractivity contribution in [3.8, 4) is 5.75 Å². The molecule has 0 radical (unpaired) electrons. The number of ether oxygens (including phenoxy) is 1. The number of para-hydroxylation sites is 1. The highest BCUT2D eigenvalue weighted by Gasteiger charge is 2.17. The highest BCUT2D eigenvalue weighted by molar-refractivity contribution is 5.99. The second-order valence-electron chi connectivity index (χ2n) is 9.74. The first-order chi connectivity index (χ1) is 19.6. The number of carbonyl (C=O) groups is 3. The van der Waals surface area contributed by atoms with Crippen LogP contribution in [0.25, 0.3) is 17.0 Å². The molecule has 0 aliphatic heterocycles. The second kappa shape index (κ2) is 12.9. The number of aromatic nitrogens is 2. The molecule has 0 saturated heterocycles. The van der Waals surface area contributed by atoms with Crippen molar-refractivity contribution in [2.75, 3.05) is 23.8 Å². The molecule has 4 rings (SSSR count). The number of amides is 3. The van der Waals surface area contributed by atoms with Crippen LogP contribution in [-0.4, -0.2) is 41.3 Å². The maximum atomic E-state index is 13.0. The van der Waals surface area contributed by atoms with Crippen molar-refractivity contribution in [1.82, 2.24) is 15.3 Å². The number of pyridine rings is 2. The summed E-state index contributed by atoms with van der Waals surface area (Å²) in [5.41, 5.74) is 6.10. The lowest BCUT2D eigenvalue weighted by Gasteiger charge is -2.23. The topological polar surface area (TPSA) is 114 Å². The molecule has 0 fully saturated rings. The van der Waals surface area contributed by atoms with Gasteiger partial charge in [0.05, 0.1) is 6.54 Å². The fourth-order valence-corrected chi connectivity index (χ4v) is 4.35. The summed E-state index contributed by atoms with van der Waals surface area (Å²) in [6.45, 7) is 7.48. The number of nitrogens with zero attached hydrogens (tertiary/aromatic N) is 3. The van der Waals surface area contributed by atoms with Gasteiger partial charge in [-0.15, -0.1) is 0 Å². The minimum absolute atomic E-state index is 0.167. The molecule has 2 aromatic carbocycles. The Balaban J connectivity index is 1.38. The number of hydrogen-bond acceptors (Lipinski definition) is 6. The number of carbonyl (C=O) groups excluding carboxylic acids is 3. The van der Waals surface area contributed by atoms with Crippen molar-refractivity contribution in [3.63, 3.8) is 0 Å². The Morgan fingerprint density at radius 1 is 1.00 bits per heavy atom. The number of likely N-dealkylation sites (N-methyl/N-ethyl adjacent to an activating group) is 1. The second-order valence-corrected chi connectivity index (χ2v) is 9.74. The predicted molar refractivity (Wildman–Crippen MR) is 161 cm³/mol. The summed E-state index contributed by atoms with van der Waals surface area (Å²) in [6.07, 6.45) is 4.45. The molecule has 0 saturated carbocycles. The Hall–Kier alpha value is -5.05. The van der Waals surface area contributed by atoms with Gasteiger partial charge in [-0.1, -0.05) is 24.3 Å². The van der Waals surface area contributed by atoms with Gasteiger partial charge in [-0.2, -0.15) is 0 Å². The lowest BCUT2D eigenvalue weighted by atomic mass is 10.0. The van der Waals surface area contributed by atoms with Crippen molar-refractivity contribution in [3.05, 3.63) is 94.8 Å². The van der Waals surface area contributed by atoms with Crippen LogP contribution in [0.4, 0.5) is 11.5 Å². The summed E-state index contributed by atoms with van der Waals surface area (Å²) in [5, 5.41) is 6.22. The number of fused-ring (bicyclic) bond motifs is 1. The summed E-state index contributed by atoms with van der Waals surface area (Å²) in [4.78, 5) is 46.7. The van der Waals surface area contributed by atoms with Gasteiger partial charge >= 0.3 is 0 Å². The molecule has 2 aromatic heterocycles. The first-order valence-electron chi connectivity index (χ1n) is 13.2. The van der Waals surface area contributed by atoms with Crippen LogP contribution < -0.4 is 20.3 Å². The predicted octanol–water partition coefficient (Wildman–Crippen LogP) is 4.88. The van der Waals surface area contributed by atoms with Crippen LogP contribution in [0.3, 0.4) is 0 Å². The minimum Gasteiger partial charge on any atom is -0.487 e. The number of hydrogen-bond donors (Lipinski definition) is 2. The van der Waals surface area contributed by atoms with E-state index in [4.69, 9.17) is 4.74 Å². The van der Waals surface area contributed by atoms with Crippen molar-refractivity contribution in [2.24, 2.45) is 0 Å². The fraction of sp³-hybridized carbons (Fsp3) is 0.219. The standard InChI is InChI=1S/C32H33N5O4/c1-20-9-14-27(22(3)26(20)19-41-28-8-6-7-25-13-10-21(2)35-32(25)28)37(5)31(40)18-34-30(39)16-12-24-11-15-29(33-17-24)36-23(4)38/h6-17H,18-19H2,1-5H3,(H,34,39)(H,33,36,38). The SMILES string of the molecule is CC(=O)Nc1ccc(C=CC(=O)NCC(=O)N(C)c2ccc(C)c(COc3cccc4ccc(C)nc34)c2C)cn1. The zero-order chi connectivity index (χ0) is 29.5. The Kier molecular flexibility index (Phi) is 9.08. The zero-order valence-corrected chi connectivity index (χ0v) is 23.8. The zero-order valence-electron chi connectivity index (χ0n) is 23.8. The lowest BCUT2D eigenvalue weighted by Crippen LogP contribution is -2.38. The Labute approximate surface area is 239 Å². The summed E-state index contributed by atoms with van der Waals surface area (Å²) in [7, 11) is 1.69. The molecule has 0 aliphatic carbocycles. The Bertz CT molecular complexity index is 1630. The molecule has 0 aliphatic rings. The monoisotopic (exact) mass is 551 g/mol. The quantitative estimate of drug-likeness (QED) is 0.287. The third-order valence-corrected chi connectivity index (χ3v) is 6.67. The summed E-state index contributed by atoms with van der Waals surface area (Å²) in [5.74, 6) is 0.241. The van der Waals surface area contributed by atoms with Crippen LogP contribution in [0.2, 0.25) is 0 Å². The first-order valence-corrected chi connectivity index (χ1v) is 13.2. The number of nitrogens with one attached hydrogen (secondary N) is 2. The average molecular weight is 552 g/mol. The van der Waals surface area contributed by atoms with Crippen LogP contribution in [0, 0.1) is 20.8 Å². The molecule has 3 amide bonds. The van der Waals surface area contributed by atoms with E-state index in [-0.39, 0.29) is 18.4 Å². The lowest BCUT2D eigenvalue weighted by molar-refractivity contribution is -0.122. The Morgan fingerprint density at radius 2 is 1.80 bits per heavy atom. The van der Waals surface area contributed by atoms with Gasteiger partial charge in [0.1, 0.15) is 23.7 Å². The smallest absolute Gasteiger partial charge is 0.246 e. The van der Waals surface area contributed by atoms with Gasteiger partial charge in [0.25, 0.3) is 0 Å². The highest BCUT2D eigenvalue weighted by atomic mass is 16.5. The maximum Gasteiger partial charge on any atom is 0.246 e. The van der Waals surface area contributed by atoms with E-state index < -0.39 is 5.91 Å². The third-order valence-electron chi connectivity index (χ3n) is 6.67. The normalized spacial score (nSPS) is 11.0.